The van der Waals surface area contributed by atoms with Gasteiger partial charge in [-0.15, -0.1) is 0 Å². The molecule has 14 heteroatoms. The van der Waals surface area contributed by atoms with Gasteiger partial charge in [0.2, 0.25) is 5.88 Å². The first kappa shape index (κ1) is 36.6. The molecule has 3 heterocycles. The Morgan fingerprint density at radius 2 is 1.75 bits per heavy atom. The van der Waals surface area contributed by atoms with E-state index < -0.39 is 12.2 Å². The lowest BCUT2D eigenvalue weighted by atomic mass is 9.82. The summed E-state index contributed by atoms with van der Waals surface area (Å²) in [6, 6.07) is 12.6. The van der Waals surface area contributed by atoms with Crippen LogP contribution >= 0.6 is 11.6 Å². The van der Waals surface area contributed by atoms with Crippen LogP contribution < -0.4 is 10.1 Å². The maximum absolute atomic E-state index is 13.7. The smallest absolute Gasteiger partial charge is 0.308 e. The van der Waals surface area contributed by atoms with Crippen LogP contribution in [0.25, 0.3) is 33.4 Å². The van der Waals surface area contributed by atoms with E-state index in [9.17, 15) is 18.4 Å². The molecule has 0 unspecified atom stereocenters. The molecule has 1 N–H and O–H groups in total. The number of nitrogens with one attached hydrogen (secondary N) is 1. The Bertz CT molecular complexity index is 2110. The molecule has 0 amide bonds. The van der Waals surface area contributed by atoms with Crippen LogP contribution in [0.2, 0.25) is 5.02 Å². The van der Waals surface area contributed by atoms with Crippen molar-refractivity contribution in [1.29, 1.82) is 0 Å². The number of esters is 1. The van der Waals surface area contributed by atoms with E-state index in [-0.39, 0.29) is 34.3 Å². The van der Waals surface area contributed by atoms with Gasteiger partial charge >= 0.3 is 5.97 Å². The molecular weight excluding hydrogens is 692 g/mol. The molecule has 270 valence electrons. The number of alkyl halides is 2. The Kier molecular flexibility index (Phi) is 11.3. The molecule has 1 aliphatic rings. The number of aromatic nitrogens is 5. The average Bonchev–Trinajstić information content (AvgIpc) is 3.15. The SMILES string of the molecule is COC(=O)C1CCC(CN(C)Cc2ncc(-c3cccc(-c4cccc(Nc5nc(C(F)F)nc6cc(C=O)cnc56)c4C)c3Cl)nc2OC)CC1. The number of pyridine rings is 1. The molecule has 1 saturated carbocycles. The topological polar surface area (TPSA) is 132 Å². The van der Waals surface area contributed by atoms with E-state index in [4.69, 9.17) is 31.0 Å². The number of aldehydes is 1. The number of nitrogens with zero attached hydrogens (tertiary/aromatic N) is 6. The summed E-state index contributed by atoms with van der Waals surface area (Å²) in [5.74, 6) is 0.150. The Hall–Kier alpha value is -5.14. The summed E-state index contributed by atoms with van der Waals surface area (Å²) in [5, 5.41) is 3.60. The van der Waals surface area contributed by atoms with Gasteiger partial charge in [-0.3, -0.25) is 14.6 Å². The lowest BCUT2D eigenvalue weighted by Crippen LogP contribution is -2.30. The minimum Gasteiger partial charge on any atom is -0.480 e. The number of benzene rings is 2. The Morgan fingerprint density at radius 1 is 1.02 bits per heavy atom. The number of carbonyl (C=O) groups excluding carboxylic acids is 2. The van der Waals surface area contributed by atoms with Gasteiger partial charge in [-0.2, -0.15) is 0 Å². The Balaban J connectivity index is 1.23. The Labute approximate surface area is 304 Å². The predicted octanol–water partition coefficient (Wildman–Crippen LogP) is 8.02. The lowest BCUT2D eigenvalue weighted by molar-refractivity contribution is -0.146. The molecule has 6 rings (SSSR count). The van der Waals surface area contributed by atoms with Gasteiger partial charge in [0.05, 0.1) is 42.6 Å². The minimum absolute atomic E-state index is 0.00852. The van der Waals surface area contributed by atoms with Crippen LogP contribution in [-0.2, 0) is 16.1 Å². The molecule has 0 bridgehead atoms. The number of halogens is 3. The standard InChI is InChI=1S/C38H38ClF2N7O4/c1-21-25(7-6-10-28(21)44-35-33-29(15-23(20-49)16-43-33)45-36(47-35)34(40)41)26-8-5-9-27(32(26)39)30-17-42-31(37(46-30)51-3)19-48(2)18-22-11-13-24(14-12-22)38(50)52-4/h5-10,15-17,20,22,24,34H,11-14,18-19H2,1-4H3,(H,44,45,47). The Morgan fingerprint density at radius 3 is 2.46 bits per heavy atom. The number of methoxy groups -OCH3 is 2. The molecule has 52 heavy (non-hydrogen) atoms. The first-order chi connectivity index (χ1) is 25.1. The van der Waals surface area contributed by atoms with Crippen LogP contribution in [0, 0.1) is 18.8 Å². The molecular formula is C38H38ClF2N7O4. The zero-order chi connectivity index (χ0) is 36.9. The van der Waals surface area contributed by atoms with Crippen LogP contribution in [0.3, 0.4) is 0 Å². The van der Waals surface area contributed by atoms with Gasteiger partial charge in [0.15, 0.2) is 17.9 Å². The van der Waals surface area contributed by atoms with Crippen molar-refractivity contribution in [3.63, 3.8) is 0 Å². The summed E-state index contributed by atoms with van der Waals surface area (Å²) in [7, 11) is 5.05. The summed E-state index contributed by atoms with van der Waals surface area (Å²) in [4.78, 5) is 47.2. The summed E-state index contributed by atoms with van der Waals surface area (Å²) >= 11 is 7.08. The highest BCUT2D eigenvalue weighted by atomic mass is 35.5. The summed E-state index contributed by atoms with van der Waals surface area (Å²) < 4.78 is 38.1. The maximum atomic E-state index is 13.7. The molecule has 1 fully saturated rings. The van der Waals surface area contributed by atoms with E-state index in [0.29, 0.717) is 52.3 Å². The lowest BCUT2D eigenvalue weighted by Gasteiger charge is -2.30. The zero-order valence-electron chi connectivity index (χ0n) is 29.2. The summed E-state index contributed by atoms with van der Waals surface area (Å²) in [6.07, 6.45) is 4.29. The molecule has 0 spiro atoms. The second-order valence-electron chi connectivity index (χ2n) is 12.9. The molecule has 0 atom stereocenters. The van der Waals surface area contributed by atoms with Crippen molar-refractivity contribution >= 4 is 46.4 Å². The van der Waals surface area contributed by atoms with E-state index >= 15 is 0 Å². The zero-order valence-corrected chi connectivity index (χ0v) is 30.0. The molecule has 5 aromatic rings. The summed E-state index contributed by atoms with van der Waals surface area (Å²) in [6.45, 7) is 3.28. The van der Waals surface area contributed by atoms with Gasteiger partial charge in [0.1, 0.15) is 11.2 Å². The van der Waals surface area contributed by atoms with E-state index in [1.54, 1.807) is 19.4 Å². The van der Waals surface area contributed by atoms with Crippen molar-refractivity contribution in [3.05, 3.63) is 82.5 Å². The highest BCUT2D eigenvalue weighted by Crippen LogP contribution is 2.40. The van der Waals surface area contributed by atoms with Gasteiger partial charge in [-0.1, -0.05) is 41.9 Å². The number of anilines is 2. The van der Waals surface area contributed by atoms with Crippen LogP contribution in [0.5, 0.6) is 5.88 Å². The molecule has 2 aromatic carbocycles. The predicted molar refractivity (Wildman–Crippen MR) is 194 cm³/mol. The van der Waals surface area contributed by atoms with Crippen molar-refractivity contribution in [3.8, 4) is 28.3 Å². The number of fused-ring (bicyclic) bond motifs is 1. The number of hydrogen-bond donors (Lipinski definition) is 1. The fraction of sp³-hybridized carbons (Fsp3) is 0.342. The first-order valence-corrected chi connectivity index (χ1v) is 17.2. The van der Waals surface area contributed by atoms with E-state index in [0.717, 1.165) is 48.9 Å². The number of hydrogen-bond acceptors (Lipinski definition) is 11. The molecule has 0 radical (unpaired) electrons. The van der Waals surface area contributed by atoms with Crippen molar-refractivity contribution in [2.75, 3.05) is 33.1 Å². The van der Waals surface area contributed by atoms with Gasteiger partial charge < -0.3 is 19.7 Å². The highest BCUT2D eigenvalue weighted by molar-refractivity contribution is 6.36. The van der Waals surface area contributed by atoms with Crippen molar-refractivity contribution in [2.45, 2.75) is 45.6 Å². The third-order valence-electron chi connectivity index (χ3n) is 9.43. The van der Waals surface area contributed by atoms with Crippen LogP contribution in [0.15, 0.2) is 54.9 Å². The van der Waals surface area contributed by atoms with Crippen LogP contribution in [-0.4, -0.2) is 69.9 Å². The van der Waals surface area contributed by atoms with Crippen molar-refractivity contribution in [1.82, 2.24) is 29.8 Å². The normalized spacial score (nSPS) is 15.9. The maximum Gasteiger partial charge on any atom is 0.308 e. The van der Waals surface area contributed by atoms with E-state index in [1.807, 2.05) is 44.3 Å². The molecule has 1 aliphatic carbocycles. The van der Waals surface area contributed by atoms with Crippen LogP contribution in [0.4, 0.5) is 20.3 Å². The van der Waals surface area contributed by atoms with Gasteiger partial charge in [-0.05, 0) is 68.8 Å². The first-order valence-electron chi connectivity index (χ1n) is 16.8. The van der Waals surface area contributed by atoms with Gasteiger partial charge in [0, 0.05) is 41.7 Å². The van der Waals surface area contributed by atoms with Crippen LogP contribution in [0.1, 0.15) is 59.5 Å². The minimum atomic E-state index is -2.93. The number of ether oxygens (including phenoxy) is 2. The quantitative estimate of drug-likeness (QED) is 0.0989. The second-order valence-corrected chi connectivity index (χ2v) is 13.3. The third-order valence-corrected chi connectivity index (χ3v) is 9.84. The third kappa shape index (κ3) is 7.85. The fourth-order valence-corrected chi connectivity index (χ4v) is 7.06. The van der Waals surface area contributed by atoms with Crippen molar-refractivity contribution in [2.24, 2.45) is 11.8 Å². The molecule has 0 saturated heterocycles. The fourth-order valence-electron chi connectivity index (χ4n) is 6.74. The van der Waals surface area contributed by atoms with Gasteiger partial charge in [0.25, 0.3) is 6.43 Å². The van der Waals surface area contributed by atoms with E-state index in [2.05, 4.69) is 25.2 Å². The van der Waals surface area contributed by atoms with E-state index in [1.165, 1.54) is 19.4 Å². The van der Waals surface area contributed by atoms with Crippen molar-refractivity contribution < 1.29 is 27.8 Å². The number of rotatable bonds is 12. The average molecular weight is 730 g/mol. The monoisotopic (exact) mass is 729 g/mol. The molecule has 3 aromatic heterocycles. The number of carbonyl (C=O) groups is 2. The molecule has 0 aliphatic heterocycles. The molecule has 11 nitrogen and oxygen atoms in total. The largest absolute Gasteiger partial charge is 0.480 e. The summed E-state index contributed by atoms with van der Waals surface area (Å²) in [5.41, 5.74) is 5.34. The van der Waals surface area contributed by atoms with Gasteiger partial charge in [-0.25, -0.2) is 28.7 Å². The second kappa shape index (κ2) is 16.0. The highest BCUT2D eigenvalue weighted by Gasteiger charge is 2.28.